The van der Waals surface area contributed by atoms with E-state index in [0.717, 1.165) is 12.0 Å². The van der Waals surface area contributed by atoms with Crippen molar-refractivity contribution in [1.82, 2.24) is 4.73 Å². The first-order valence-corrected chi connectivity index (χ1v) is 7.35. The van der Waals surface area contributed by atoms with E-state index in [9.17, 15) is 4.79 Å². The number of aromatic nitrogens is 1. The third kappa shape index (κ3) is 5.63. The molecule has 0 aliphatic rings. The molecular weight excluding hydrogens is 298 g/mol. The summed E-state index contributed by atoms with van der Waals surface area (Å²) in [5, 5.41) is 0. The highest BCUT2D eigenvalue weighted by atomic mass is 32.1. The molecule has 5 heteroatoms. The summed E-state index contributed by atoms with van der Waals surface area (Å²) in [4.78, 5) is 16.6. The van der Waals surface area contributed by atoms with E-state index in [1.807, 2.05) is 42.5 Å². The Kier molecular flexibility index (Phi) is 6.54. The molecule has 0 amide bonds. The molecule has 0 fully saturated rings. The van der Waals surface area contributed by atoms with Gasteiger partial charge in [-0.3, -0.25) is 0 Å². The van der Waals surface area contributed by atoms with Crippen LogP contribution in [0.5, 0.6) is 0 Å². The van der Waals surface area contributed by atoms with Crippen molar-refractivity contribution in [2.24, 2.45) is 0 Å². The van der Waals surface area contributed by atoms with Crippen LogP contribution in [0.2, 0.25) is 0 Å². The Hall–Kier alpha value is -2.24. The fraction of sp³-hybridized carbons (Fsp3) is 0.176. The predicted octanol–water partition coefficient (Wildman–Crippen LogP) is 3.29. The molecule has 0 bridgehead atoms. The Balaban J connectivity index is 1.64. The van der Waals surface area contributed by atoms with E-state index in [2.05, 4.69) is 0 Å². The monoisotopic (exact) mass is 315 g/mol. The predicted molar refractivity (Wildman–Crippen MR) is 87.8 cm³/mol. The first kappa shape index (κ1) is 16.1. The van der Waals surface area contributed by atoms with E-state index in [1.165, 1.54) is 4.73 Å². The Morgan fingerprint density at radius 2 is 1.91 bits per heavy atom. The van der Waals surface area contributed by atoms with Crippen LogP contribution in [0, 0.1) is 4.64 Å². The molecule has 0 radical (unpaired) electrons. The molecule has 1 heterocycles. The van der Waals surface area contributed by atoms with Crippen LogP contribution >= 0.6 is 12.2 Å². The summed E-state index contributed by atoms with van der Waals surface area (Å²) in [7, 11) is 0. The number of hydrogen-bond acceptors (Lipinski definition) is 4. The number of ether oxygens (including phenoxy) is 1. The summed E-state index contributed by atoms with van der Waals surface area (Å²) in [6, 6.07) is 15.2. The molecule has 1 aromatic carbocycles. The number of nitrogens with zero attached hydrogens (tertiary/aromatic N) is 1. The fourth-order valence-electron chi connectivity index (χ4n) is 1.71. The van der Waals surface area contributed by atoms with Crippen LogP contribution in [0.3, 0.4) is 0 Å². The van der Waals surface area contributed by atoms with Gasteiger partial charge in [0.25, 0.3) is 0 Å². The van der Waals surface area contributed by atoms with Crippen LogP contribution in [0.1, 0.15) is 12.0 Å². The number of rotatable bonds is 7. The van der Waals surface area contributed by atoms with Gasteiger partial charge in [0.05, 0.1) is 6.61 Å². The van der Waals surface area contributed by atoms with Crippen molar-refractivity contribution in [2.45, 2.75) is 6.42 Å². The largest absolute Gasteiger partial charge is 0.369 e. The molecule has 2 rings (SSSR count). The minimum absolute atomic E-state index is 0.101. The lowest BCUT2D eigenvalue weighted by molar-refractivity contribution is -0.149. The van der Waals surface area contributed by atoms with Crippen LogP contribution in [0.4, 0.5) is 0 Å². The van der Waals surface area contributed by atoms with Gasteiger partial charge in [0.1, 0.15) is 11.2 Å². The Bertz CT molecular complexity index is 680. The average molecular weight is 315 g/mol. The van der Waals surface area contributed by atoms with Crippen LogP contribution in [-0.4, -0.2) is 23.9 Å². The molecule has 0 saturated heterocycles. The Labute approximate surface area is 134 Å². The first-order valence-electron chi connectivity index (χ1n) is 6.94. The van der Waals surface area contributed by atoms with E-state index in [-0.39, 0.29) is 6.61 Å². The zero-order valence-corrected chi connectivity index (χ0v) is 12.9. The second-order valence-electron chi connectivity index (χ2n) is 4.48. The maximum absolute atomic E-state index is 11.6. The van der Waals surface area contributed by atoms with Crippen LogP contribution in [0.15, 0.2) is 60.8 Å². The van der Waals surface area contributed by atoms with Gasteiger partial charge in [0.15, 0.2) is 0 Å². The third-order valence-electron chi connectivity index (χ3n) is 2.75. The lowest BCUT2D eigenvalue weighted by Crippen LogP contribution is -2.24. The third-order valence-corrected chi connectivity index (χ3v) is 3.06. The quantitative estimate of drug-likeness (QED) is 0.581. The van der Waals surface area contributed by atoms with Crippen molar-refractivity contribution in [2.75, 3.05) is 13.2 Å². The van der Waals surface area contributed by atoms with Crippen molar-refractivity contribution in [3.8, 4) is 0 Å². The van der Waals surface area contributed by atoms with Gasteiger partial charge in [0, 0.05) is 6.20 Å². The molecule has 0 spiro atoms. The molecule has 0 saturated carbocycles. The van der Waals surface area contributed by atoms with Crippen LogP contribution in [0.25, 0.3) is 6.08 Å². The Morgan fingerprint density at radius 3 is 2.68 bits per heavy atom. The summed E-state index contributed by atoms with van der Waals surface area (Å²) in [6.45, 7) is 0.356. The number of hydrogen-bond donors (Lipinski definition) is 0. The molecule has 4 nitrogen and oxygen atoms in total. The summed E-state index contributed by atoms with van der Waals surface area (Å²) in [5.74, 6) is -0.477. The molecule has 2 aromatic rings. The minimum atomic E-state index is -0.477. The number of pyridine rings is 1. The molecular formula is C17H17NO3S. The molecule has 0 aliphatic heterocycles. The zero-order valence-electron chi connectivity index (χ0n) is 12.1. The van der Waals surface area contributed by atoms with Crippen LogP contribution < -0.4 is 4.84 Å². The van der Waals surface area contributed by atoms with Crippen LogP contribution in [-0.2, 0) is 9.53 Å². The highest BCUT2D eigenvalue weighted by Gasteiger charge is 2.04. The molecule has 0 aliphatic carbocycles. The normalized spacial score (nSPS) is 10.7. The lowest BCUT2D eigenvalue weighted by Gasteiger charge is -2.06. The van der Waals surface area contributed by atoms with Gasteiger partial charge in [-0.05, 0) is 24.1 Å². The maximum Gasteiger partial charge on any atom is 0.358 e. The summed E-state index contributed by atoms with van der Waals surface area (Å²) < 4.78 is 6.95. The van der Waals surface area contributed by atoms with Gasteiger partial charge < -0.3 is 9.57 Å². The SMILES string of the molecule is O=C(COCC/C=C/c1ccccc1)On1ccccc1=S. The van der Waals surface area contributed by atoms with E-state index >= 15 is 0 Å². The molecule has 0 N–H and O–H groups in total. The lowest BCUT2D eigenvalue weighted by atomic mass is 10.2. The van der Waals surface area contributed by atoms with E-state index in [1.54, 1.807) is 24.4 Å². The highest BCUT2D eigenvalue weighted by Crippen LogP contribution is 2.01. The van der Waals surface area contributed by atoms with Gasteiger partial charge in [-0.25, -0.2) is 4.79 Å². The molecule has 22 heavy (non-hydrogen) atoms. The standard InChI is InChI=1S/C17H17NO3S/c19-17(21-18-12-6-4-11-16(18)22)14-20-13-7-5-10-15-8-2-1-3-9-15/h1-6,8-12H,7,13-14H2/b10-5+. The minimum Gasteiger partial charge on any atom is -0.369 e. The van der Waals surface area contributed by atoms with Crippen molar-refractivity contribution in [3.63, 3.8) is 0 Å². The van der Waals surface area contributed by atoms with Crippen molar-refractivity contribution in [1.29, 1.82) is 0 Å². The first-order chi connectivity index (χ1) is 10.8. The molecule has 114 valence electrons. The van der Waals surface area contributed by atoms with Crippen molar-refractivity contribution in [3.05, 3.63) is 71.0 Å². The van der Waals surface area contributed by atoms with Gasteiger partial charge in [-0.15, -0.1) is 0 Å². The average Bonchev–Trinajstić information content (AvgIpc) is 2.54. The highest BCUT2D eigenvalue weighted by molar-refractivity contribution is 7.71. The van der Waals surface area contributed by atoms with Crippen molar-refractivity contribution >= 4 is 24.3 Å². The maximum atomic E-state index is 11.6. The smallest absolute Gasteiger partial charge is 0.358 e. The summed E-state index contributed by atoms with van der Waals surface area (Å²) >= 11 is 5.02. The zero-order chi connectivity index (χ0) is 15.6. The fourth-order valence-corrected chi connectivity index (χ4v) is 1.89. The van der Waals surface area contributed by atoms with E-state index in [4.69, 9.17) is 21.8 Å². The summed E-state index contributed by atoms with van der Waals surface area (Å²) in [5.41, 5.74) is 1.14. The van der Waals surface area contributed by atoms with E-state index in [0.29, 0.717) is 11.2 Å². The van der Waals surface area contributed by atoms with Gasteiger partial charge in [-0.2, -0.15) is 4.73 Å². The summed E-state index contributed by atoms with van der Waals surface area (Å²) in [6.07, 6.45) is 6.34. The number of carbonyl (C=O) groups excluding carboxylic acids is 1. The Morgan fingerprint density at radius 1 is 1.14 bits per heavy atom. The van der Waals surface area contributed by atoms with E-state index < -0.39 is 5.97 Å². The molecule has 0 unspecified atom stereocenters. The molecule has 1 aromatic heterocycles. The van der Waals surface area contributed by atoms with Crippen molar-refractivity contribution < 1.29 is 14.4 Å². The topological polar surface area (TPSA) is 40.5 Å². The van der Waals surface area contributed by atoms with Gasteiger partial charge in [-0.1, -0.05) is 60.8 Å². The van der Waals surface area contributed by atoms with Gasteiger partial charge >= 0.3 is 5.97 Å². The molecule has 0 atom stereocenters. The van der Waals surface area contributed by atoms with Gasteiger partial charge in [0.2, 0.25) is 0 Å². The second kappa shape index (κ2) is 8.92. The second-order valence-corrected chi connectivity index (χ2v) is 4.90. The number of carbonyl (C=O) groups is 1. The number of benzene rings is 1.